The maximum absolute atomic E-state index is 12.3. The number of azo groups is 1. The van der Waals surface area contributed by atoms with Crippen LogP contribution in [-0.4, -0.2) is 35.5 Å². The Balaban J connectivity index is 0.000000356. The Hall–Kier alpha value is -4.69. The van der Waals surface area contributed by atoms with Crippen molar-refractivity contribution in [1.29, 1.82) is 0 Å². The minimum atomic E-state index is -3.79. The average molecular weight is 541 g/mol. The molecule has 2 aromatic carbocycles. The second kappa shape index (κ2) is 12.3. The van der Waals surface area contributed by atoms with Gasteiger partial charge in [0.25, 0.3) is 15.9 Å². The molecule has 0 radical (unpaired) electrons. The number of hydrogen-bond donors (Lipinski definition) is 5. The van der Waals surface area contributed by atoms with E-state index in [-0.39, 0.29) is 27.7 Å². The lowest BCUT2D eigenvalue weighted by Gasteiger charge is -2.07. The molecule has 0 fully saturated rings. The maximum Gasteiger partial charge on any atom is 0.339 e. The van der Waals surface area contributed by atoms with Crippen LogP contribution in [0.15, 0.2) is 105 Å². The van der Waals surface area contributed by atoms with Gasteiger partial charge >= 0.3 is 5.97 Å². The molecule has 14 heteroatoms. The van der Waals surface area contributed by atoms with Crippen molar-refractivity contribution in [2.24, 2.45) is 16.0 Å². The van der Waals surface area contributed by atoms with Crippen molar-refractivity contribution >= 4 is 51.0 Å². The van der Waals surface area contributed by atoms with Gasteiger partial charge in [0, 0.05) is 6.20 Å². The molecule has 2 heterocycles. The van der Waals surface area contributed by atoms with Crippen LogP contribution in [-0.2, 0) is 14.8 Å². The van der Waals surface area contributed by atoms with Crippen molar-refractivity contribution in [2.75, 3.05) is 4.72 Å². The second-order valence-electron chi connectivity index (χ2n) is 7.01. The number of aromatic hydroxyl groups is 1. The Morgan fingerprint density at radius 2 is 1.73 bits per heavy atom. The molecular weight excluding hydrogens is 520 g/mol. The number of benzene rings is 2. The number of sulfonamides is 1. The number of phenols is 1. The number of aromatic nitrogens is 1. The lowest BCUT2D eigenvalue weighted by atomic mass is 10.2. The smallest absolute Gasteiger partial charge is 0.339 e. The molecule has 0 atom stereocenters. The van der Waals surface area contributed by atoms with Crippen molar-refractivity contribution in [2.45, 2.75) is 4.90 Å². The number of primary amides is 1. The Kier molecular flexibility index (Phi) is 8.96. The Bertz CT molecular complexity index is 1470. The SMILES string of the molecule is NC(=O)C1=CC=CSN1.O=C(O)c1cc(N=Nc2ccc(S(=O)(=O)Nc3ccccn3)cc2)ccc1O. The van der Waals surface area contributed by atoms with E-state index in [1.165, 1.54) is 66.7 Å². The number of anilines is 1. The maximum atomic E-state index is 12.3. The van der Waals surface area contributed by atoms with Gasteiger partial charge in [-0.3, -0.25) is 9.52 Å². The minimum Gasteiger partial charge on any atom is -0.507 e. The number of carboxylic acid groups (broad SMARTS) is 1. The molecule has 1 aromatic heterocycles. The highest BCUT2D eigenvalue weighted by Crippen LogP contribution is 2.26. The summed E-state index contributed by atoms with van der Waals surface area (Å²) < 4.78 is 29.8. The minimum absolute atomic E-state index is 0.0231. The zero-order valence-corrected chi connectivity index (χ0v) is 20.5. The monoisotopic (exact) mass is 540 g/mol. The molecule has 0 unspecified atom stereocenters. The Morgan fingerprint density at radius 3 is 2.30 bits per heavy atom. The topological polar surface area (TPSA) is 196 Å². The van der Waals surface area contributed by atoms with Gasteiger partial charge in [-0.1, -0.05) is 12.1 Å². The highest BCUT2D eigenvalue weighted by Gasteiger charge is 2.14. The first-order valence-electron chi connectivity index (χ1n) is 10.3. The third kappa shape index (κ3) is 7.91. The molecular formula is C23H20N6O6S2. The molecule has 37 heavy (non-hydrogen) atoms. The molecule has 1 aliphatic rings. The normalized spacial score (nSPS) is 12.6. The third-order valence-electron chi connectivity index (χ3n) is 4.39. The summed E-state index contributed by atoms with van der Waals surface area (Å²) in [4.78, 5) is 25.3. The zero-order chi connectivity index (χ0) is 26.8. The summed E-state index contributed by atoms with van der Waals surface area (Å²) in [6.45, 7) is 0. The van der Waals surface area contributed by atoms with Gasteiger partial charge in [-0.25, -0.2) is 18.2 Å². The van der Waals surface area contributed by atoms with Gasteiger partial charge in [0.2, 0.25) is 0 Å². The number of nitrogens with zero attached hydrogens (tertiary/aromatic N) is 3. The van der Waals surface area contributed by atoms with Crippen LogP contribution in [0.3, 0.4) is 0 Å². The number of aromatic carboxylic acids is 1. The summed E-state index contributed by atoms with van der Waals surface area (Å²) in [5.74, 6) is -1.88. The molecule has 6 N–H and O–H groups in total. The summed E-state index contributed by atoms with van der Waals surface area (Å²) in [7, 11) is -3.79. The number of pyridine rings is 1. The lowest BCUT2D eigenvalue weighted by molar-refractivity contribution is -0.114. The van der Waals surface area contributed by atoms with E-state index in [4.69, 9.17) is 10.8 Å². The van der Waals surface area contributed by atoms with Crippen LogP contribution in [0.2, 0.25) is 0 Å². The molecule has 0 bridgehead atoms. The van der Waals surface area contributed by atoms with Crippen molar-refractivity contribution < 1.29 is 28.2 Å². The second-order valence-corrected chi connectivity index (χ2v) is 9.41. The van der Waals surface area contributed by atoms with Crippen molar-refractivity contribution in [3.8, 4) is 5.75 Å². The van der Waals surface area contributed by atoms with Gasteiger partial charge < -0.3 is 20.7 Å². The van der Waals surface area contributed by atoms with Crippen LogP contribution in [0, 0.1) is 0 Å². The lowest BCUT2D eigenvalue weighted by Crippen LogP contribution is -2.22. The largest absolute Gasteiger partial charge is 0.507 e. The summed E-state index contributed by atoms with van der Waals surface area (Å²) in [5, 5.41) is 28.1. The van der Waals surface area contributed by atoms with Crippen LogP contribution in [0.4, 0.5) is 17.2 Å². The Morgan fingerprint density at radius 1 is 1.03 bits per heavy atom. The number of carboxylic acids is 1. The predicted molar refractivity (Wildman–Crippen MR) is 138 cm³/mol. The first-order valence-corrected chi connectivity index (χ1v) is 12.6. The van der Waals surface area contributed by atoms with Gasteiger partial charge in [0.05, 0.1) is 16.3 Å². The third-order valence-corrected chi connectivity index (χ3v) is 6.39. The fraction of sp³-hybridized carbons (Fsp3) is 0. The van der Waals surface area contributed by atoms with E-state index in [2.05, 4.69) is 24.7 Å². The van der Waals surface area contributed by atoms with Crippen molar-refractivity contribution in [1.82, 2.24) is 9.71 Å². The van der Waals surface area contributed by atoms with Gasteiger partial charge in [-0.05, 0) is 78.0 Å². The average Bonchev–Trinajstić information content (AvgIpc) is 2.89. The van der Waals surface area contributed by atoms with E-state index >= 15 is 0 Å². The molecule has 0 saturated carbocycles. The zero-order valence-electron chi connectivity index (χ0n) is 18.8. The van der Waals surface area contributed by atoms with Gasteiger partial charge in [0.15, 0.2) is 0 Å². The molecule has 12 nitrogen and oxygen atoms in total. The number of hydrogen-bond acceptors (Lipinski definition) is 10. The van der Waals surface area contributed by atoms with Gasteiger partial charge in [0.1, 0.15) is 22.8 Å². The number of nitrogens with two attached hydrogens (primary N) is 1. The van der Waals surface area contributed by atoms with E-state index in [0.29, 0.717) is 11.4 Å². The standard InChI is InChI=1S/C18H14N4O5S.C5H6N2OS/c23-16-9-6-13(11-15(16)18(24)25)21-20-12-4-7-14(8-5-12)28(26,27)22-17-3-1-2-10-19-17;6-5(8)4-2-1-3-9-7-4/h1-11,23H,(H,19,22)(H,24,25);1-3,7H,(H2,6,8). The fourth-order valence-corrected chi connectivity index (χ4v) is 4.15. The molecule has 0 aliphatic carbocycles. The number of amides is 1. The number of nitrogens with one attached hydrogen (secondary N) is 2. The first kappa shape index (κ1) is 26.9. The molecule has 3 aromatic rings. The number of rotatable bonds is 7. The van der Waals surface area contributed by atoms with Gasteiger partial charge in [-0.2, -0.15) is 10.2 Å². The van der Waals surface area contributed by atoms with Crippen LogP contribution in [0.25, 0.3) is 0 Å². The molecule has 1 amide bonds. The molecule has 190 valence electrons. The van der Waals surface area contributed by atoms with Crippen molar-refractivity contribution in [3.05, 3.63) is 95.7 Å². The summed E-state index contributed by atoms with van der Waals surface area (Å²) in [6.07, 6.45) is 4.88. The summed E-state index contributed by atoms with van der Waals surface area (Å²) >= 11 is 1.33. The quantitative estimate of drug-likeness (QED) is 0.218. The number of allylic oxidation sites excluding steroid dienone is 2. The van der Waals surface area contributed by atoms with E-state index in [1.807, 2.05) is 5.41 Å². The van der Waals surface area contributed by atoms with Crippen LogP contribution in [0.1, 0.15) is 10.4 Å². The number of carbonyl (C=O) groups is 2. The summed E-state index contributed by atoms with van der Waals surface area (Å²) in [5.41, 5.74) is 5.69. The van der Waals surface area contributed by atoms with Gasteiger partial charge in [-0.15, -0.1) is 0 Å². The molecule has 0 saturated heterocycles. The van der Waals surface area contributed by atoms with E-state index in [1.54, 1.807) is 24.3 Å². The summed E-state index contributed by atoms with van der Waals surface area (Å²) in [6, 6.07) is 14.3. The Labute approximate surface area is 215 Å². The van der Waals surface area contributed by atoms with Crippen LogP contribution in [0.5, 0.6) is 5.75 Å². The van der Waals surface area contributed by atoms with E-state index in [0.717, 1.165) is 0 Å². The molecule has 4 rings (SSSR count). The van der Waals surface area contributed by atoms with Crippen LogP contribution >= 0.6 is 11.9 Å². The van der Waals surface area contributed by atoms with Crippen LogP contribution < -0.4 is 15.2 Å². The fourth-order valence-electron chi connectivity index (χ4n) is 2.62. The van der Waals surface area contributed by atoms with E-state index < -0.39 is 21.9 Å². The highest BCUT2D eigenvalue weighted by molar-refractivity contribution is 8.00. The number of carbonyl (C=O) groups excluding carboxylic acids is 1. The molecule has 1 aliphatic heterocycles. The molecule has 0 spiro atoms. The first-order chi connectivity index (χ1) is 17.7. The van der Waals surface area contributed by atoms with E-state index in [9.17, 15) is 23.1 Å². The van der Waals surface area contributed by atoms with Crippen molar-refractivity contribution in [3.63, 3.8) is 0 Å². The predicted octanol–water partition coefficient (Wildman–Crippen LogP) is 3.82. The highest BCUT2D eigenvalue weighted by atomic mass is 32.2.